The third-order valence-corrected chi connectivity index (χ3v) is 5.28. The van der Waals surface area contributed by atoms with Gasteiger partial charge in [0.25, 0.3) is 5.69 Å². The van der Waals surface area contributed by atoms with Gasteiger partial charge < -0.3 is 19.7 Å². The van der Waals surface area contributed by atoms with Gasteiger partial charge in [-0.2, -0.15) is 0 Å². The maximum Gasteiger partial charge on any atom is 0.339 e. The molecule has 0 saturated carbocycles. The number of ether oxygens (including phenoxy) is 2. The Morgan fingerprint density at radius 3 is 2.55 bits per heavy atom. The number of nitrogens with zero attached hydrogens (tertiary/aromatic N) is 2. The first-order chi connectivity index (χ1) is 13.9. The van der Waals surface area contributed by atoms with E-state index in [9.17, 15) is 14.9 Å². The van der Waals surface area contributed by atoms with E-state index in [1.165, 1.54) is 19.2 Å². The van der Waals surface area contributed by atoms with E-state index < -0.39 is 10.9 Å². The quantitative estimate of drug-likeness (QED) is 0.427. The van der Waals surface area contributed by atoms with Gasteiger partial charge in [-0.3, -0.25) is 10.1 Å². The van der Waals surface area contributed by atoms with Crippen LogP contribution < -0.4 is 15.0 Å². The molecule has 0 aliphatic carbocycles. The minimum Gasteiger partial charge on any atom is -0.495 e. The molecular formula is C20H22ClN3O5. The van der Waals surface area contributed by atoms with Gasteiger partial charge in [0.15, 0.2) is 0 Å². The average molecular weight is 420 g/mol. The Labute approximate surface area is 173 Å². The van der Waals surface area contributed by atoms with Crippen LogP contribution in [0.25, 0.3) is 0 Å². The number of anilines is 2. The number of carbonyl (C=O) groups is 1. The van der Waals surface area contributed by atoms with Crippen LogP contribution in [0.4, 0.5) is 17.1 Å². The minimum atomic E-state index is -0.704. The Morgan fingerprint density at radius 2 is 1.93 bits per heavy atom. The summed E-state index contributed by atoms with van der Waals surface area (Å²) in [6.45, 7) is 1.23. The number of para-hydroxylation sites is 2. The molecule has 2 aromatic carbocycles. The number of piperidine rings is 1. The van der Waals surface area contributed by atoms with Crippen LogP contribution in [0.1, 0.15) is 23.2 Å². The van der Waals surface area contributed by atoms with Crippen LogP contribution in [-0.4, -0.2) is 44.2 Å². The van der Waals surface area contributed by atoms with Crippen LogP contribution in [0.5, 0.6) is 5.75 Å². The predicted molar refractivity (Wildman–Crippen MR) is 111 cm³/mol. The van der Waals surface area contributed by atoms with Crippen molar-refractivity contribution in [2.45, 2.75) is 18.9 Å². The lowest BCUT2D eigenvalue weighted by molar-refractivity contribution is -0.384. The molecule has 1 aliphatic heterocycles. The number of methoxy groups -OCH3 is 2. The van der Waals surface area contributed by atoms with Crippen molar-refractivity contribution in [2.24, 2.45) is 0 Å². The van der Waals surface area contributed by atoms with Crippen molar-refractivity contribution in [1.82, 2.24) is 0 Å². The largest absolute Gasteiger partial charge is 0.495 e. The van der Waals surface area contributed by atoms with E-state index in [0.29, 0.717) is 18.8 Å². The Morgan fingerprint density at radius 1 is 1.24 bits per heavy atom. The second kappa shape index (κ2) is 9.00. The molecule has 2 aromatic rings. The molecule has 3 rings (SSSR count). The molecule has 8 nitrogen and oxygen atoms in total. The summed E-state index contributed by atoms with van der Waals surface area (Å²) in [5.41, 5.74) is 1.15. The zero-order valence-electron chi connectivity index (χ0n) is 16.2. The number of nitro groups is 1. The van der Waals surface area contributed by atoms with Crippen LogP contribution in [0.3, 0.4) is 0 Å². The number of nitrogens with one attached hydrogen (secondary N) is 1. The first-order valence-corrected chi connectivity index (χ1v) is 9.53. The van der Waals surface area contributed by atoms with Crippen LogP contribution in [-0.2, 0) is 4.74 Å². The molecule has 0 atom stereocenters. The van der Waals surface area contributed by atoms with Crippen molar-refractivity contribution in [1.29, 1.82) is 0 Å². The van der Waals surface area contributed by atoms with Crippen LogP contribution in [0.15, 0.2) is 36.4 Å². The maximum atomic E-state index is 11.8. The fourth-order valence-corrected chi connectivity index (χ4v) is 3.70. The lowest BCUT2D eigenvalue weighted by Gasteiger charge is -2.34. The summed E-state index contributed by atoms with van der Waals surface area (Å²) in [4.78, 5) is 24.8. The van der Waals surface area contributed by atoms with E-state index in [1.807, 2.05) is 29.2 Å². The van der Waals surface area contributed by atoms with Gasteiger partial charge in [0.05, 0.1) is 35.4 Å². The van der Waals surface area contributed by atoms with Crippen molar-refractivity contribution in [3.05, 3.63) is 57.1 Å². The molecule has 0 radical (unpaired) electrons. The second-order valence-corrected chi connectivity index (χ2v) is 7.08. The first kappa shape index (κ1) is 20.7. The van der Waals surface area contributed by atoms with Gasteiger partial charge >= 0.3 is 5.97 Å². The molecule has 1 aliphatic rings. The number of halogens is 1. The molecular weight excluding hydrogens is 398 g/mol. The summed E-state index contributed by atoms with van der Waals surface area (Å²) < 4.78 is 10.0. The fourth-order valence-electron chi connectivity index (χ4n) is 3.47. The standard InChI is InChI=1S/C20H22ClN3O5/c1-28-19-6-4-3-5-16(19)22-13-7-9-23(10-8-13)17-12-15(21)14(20(25)29-2)11-18(17)24(26)27/h3-6,11-13,22H,7-10H2,1-2H3. The van der Waals surface area contributed by atoms with E-state index in [4.69, 9.17) is 16.3 Å². The molecule has 1 fully saturated rings. The van der Waals surface area contributed by atoms with Gasteiger partial charge in [0.2, 0.25) is 0 Å². The summed E-state index contributed by atoms with van der Waals surface area (Å²) in [6, 6.07) is 10.6. The second-order valence-electron chi connectivity index (χ2n) is 6.68. The predicted octanol–water partition coefficient (Wildman–Crippen LogP) is 4.12. The molecule has 1 saturated heterocycles. The van der Waals surface area contributed by atoms with Crippen molar-refractivity contribution in [3.8, 4) is 5.75 Å². The van der Waals surface area contributed by atoms with Gasteiger partial charge in [-0.25, -0.2) is 4.79 Å². The number of hydrogen-bond donors (Lipinski definition) is 1. The number of nitro benzene ring substituents is 1. The third kappa shape index (κ3) is 4.54. The van der Waals surface area contributed by atoms with E-state index >= 15 is 0 Å². The van der Waals surface area contributed by atoms with Gasteiger partial charge in [-0.05, 0) is 31.0 Å². The highest BCUT2D eigenvalue weighted by Gasteiger charge is 2.28. The first-order valence-electron chi connectivity index (χ1n) is 9.15. The number of benzene rings is 2. The zero-order valence-corrected chi connectivity index (χ0v) is 16.9. The van der Waals surface area contributed by atoms with Crippen molar-refractivity contribution in [2.75, 3.05) is 37.5 Å². The molecule has 0 spiro atoms. The molecule has 0 unspecified atom stereocenters. The Kier molecular flexibility index (Phi) is 6.43. The van der Waals surface area contributed by atoms with Crippen molar-refractivity contribution < 1.29 is 19.2 Å². The van der Waals surface area contributed by atoms with E-state index in [-0.39, 0.29) is 22.3 Å². The minimum absolute atomic E-state index is 0.0164. The number of rotatable bonds is 6. The smallest absolute Gasteiger partial charge is 0.339 e. The van der Waals surface area contributed by atoms with Gasteiger partial charge in [-0.15, -0.1) is 0 Å². The van der Waals surface area contributed by atoms with Crippen LogP contribution in [0.2, 0.25) is 5.02 Å². The molecule has 1 heterocycles. The van der Waals surface area contributed by atoms with Crippen LogP contribution in [0, 0.1) is 10.1 Å². The maximum absolute atomic E-state index is 11.8. The lowest BCUT2D eigenvalue weighted by atomic mass is 10.0. The summed E-state index contributed by atoms with van der Waals surface area (Å²) >= 11 is 6.19. The molecule has 154 valence electrons. The Hall–Kier alpha value is -3.00. The van der Waals surface area contributed by atoms with Gasteiger partial charge in [0.1, 0.15) is 11.4 Å². The normalized spacial score (nSPS) is 14.4. The van der Waals surface area contributed by atoms with E-state index in [1.54, 1.807) is 7.11 Å². The molecule has 0 amide bonds. The Balaban J connectivity index is 1.76. The summed E-state index contributed by atoms with van der Waals surface area (Å²) in [6.07, 6.45) is 1.57. The lowest BCUT2D eigenvalue weighted by Crippen LogP contribution is -2.39. The SMILES string of the molecule is COC(=O)c1cc([N+](=O)[O-])c(N2CCC(Nc3ccccc3OC)CC2)cc1Cl. The summed E-state index contributed by atoms with van der Waals surface area (Å²) in [7, 11) is 2.84. The monoisotopic (exact) mass is 419 g/mol. The van der Waals surface area contributed by atoms with Gasteiger partial charge in [0, 0.05) is 25.2 Å². The highest BCUT2D eigenvalue weighted by atomic mass is 35.5. The van der Waals surface area contributed by atoms with Crippen molar-refractivity contribution in [3.63, 3.8) is 0 Å². The zero-order chi connectivity index (χ0) is 21.0. The molecule has 0 aromatic heterocycles. The fraction of sp³-hybridized carbons (Fsp3) is 0.350. The highest BCUT2D eigenvalue weighted by molar-refractivity contribution is 6.34. The van der Waals surface area contributed by atoms with E-state index in [0.717, 1.165) is 24.3 Å². The molecule has 9 heteroatoms. The molecule has 29 heavy (non-hydrogen) atoms. The number of carbonyl (C=O) groups excluding carboxylic acids is 1. The third-order valence-electron chi connectivity index (χ3n) is 4.97. The number of esters is 1. The van der Waals surface area contributed by atoms with Crippen molar-refractivity contribution >= 4 is 34.6 Å². The summed E-state index contributed by atoms with van der Waals surface area (Å²) in [5.74, 6) is 0.0696. The summed E-state index contributed by atoms with van der Waals surface area (Å²) in [5, 5.41) is 15.2. The average Bonchev–Trinajstić information content (AvgIpc) is 2.73. The highest BCUT2D eigenvalue weighted by Crippen LogP contribution is 2.36. The topological polar surface area (TPSA) is 93.9 Å². The molecule has 0 bridgehead atoms. The van der Waals surface area contributed by atoms with Gasteiger partial charge in [-0.1, -0.05) is 23.7 Å². The van der Waals surface area contributed by atoms with Crippen LogP contribution >= 0.6 is 11.6 Å². The number of hydrogen-bond acceptors (Lipinski definition) is 7. The molecule has 1 N–H and O–H groups in total. The Bertz CT molecular complexity index is 913. The van der Waals surface area contributed by atoms with E-state index in [2.05, 4.69) is 10.1 Å².